The van der Waals surface area contributed by atoms with E-state index in [9.17, 15) is 23.1 Å². The fourth-order valence-corrected chi connectivity index (χ4v) is 6.41. The van der Waals surface area contributed by atoms with Gasteiger partial charge in [-0.3, -0.25) is 4.90 Å². The van der Waals surface area contributed by atoms with E-state index in [4.69, 9.17) is 9.47 Å². The molecule has 3 aromatic rings. The molecule has 1 aliphatic heterocycles. The average molecular weight is 623 g/mol. The molecular formula is C34H42N2O7S. The number of nitrogens with zero attached hydrogens (tertiary/aromatic N) is 2. The Labute approximate surface area is 260 Å². The lowest BCUT2D eigenvalue weighted by Crippen LogP contribution is -2.46. The minimum Gasteiger partial charge on any atom is -0.444 e. The number of hydrogen-bond donors (Lipinski definition) is 1. The monoisotopic (exact) mass is 622 g/mol. The van der Waals surface area contributed by atoms with Gasteiger partial charge in [0, 0.05) is 26.7 Å². The van der Waals surface area contributed by atoms with E-state index in [-0.39, 0.29) is 28.9 Å². The first kappa shape index (κ1) is 33.2. The Hall–Kier alpha value is -3.73. The summed E-state index contributed by atoms with van der Waals surface area (Å²) in [7, 11) is -1.96. The van der Waals surface area contributed by atoms with Crippen LogP contribution in [-0.4, -0.2) is 79.5 Å². The van der Waals surface area contributed by atoms with Gasteiger partial charge in [-0.05, 0) is 93.6 Å². The Morgan fingerprint density at radius 1 is 0.977 bits per heavy atom. The van der Waals surface area contributed by atoms with Crippen molar-refractivity contribution in [3.8, 4) is 5.75 Å². The third-order valence-electron chi connectivity index (χ3n) is 7.50. The highest BCUT2D eigenvalue weighted by molar-refractivity contribution is 7.91. The Kier molecular flexibility index (Phi) is 10.8. The van der Waals surface area contributed by atoms with Crippen LogP contribution < -0.4 is 4.74 Å². The number of likely N-dealkylation sites (tertiary alicyclic amines) is 1. The summed E-state index contributed by atoms with van der Waals surface area (Å²) in [5.41, 5.74) is 1.60. The molecule has 236 valence electrons. The number of benzene rings is 3. The smallest absolute Gasteiger partial charge is 0.410 e. The summed E-state index contributed by atoms with van der Waals surface area (Å²) in [5, 5.41) is 10.7. The second-order valence-electron chi connectivity index (χ2n) is 12.3. The first-order chi connectivity index (χ1) is 20.8. The molecule has 1 heterocycles. The third-order valence-corrected chi connectivity index (χ3v) is 9.21. The topological polar surface area (TPSA) is 113 Å². The van der Waals surface area contributed by atoms with Crippen molar-refractivity contribution < 1.29 is 32.6 Å². The summed E-state index contributed by atoms with van der Waals surface area (Å²) in [6.45, 7) is 7.13. The highest BCUT2D eigenvalue weighted by atomic mass is 32.2. The van der Waals surface area contributed by atoms with E-state index in [1.54, 1.807) is 52.1 Å². The van der Waals surface area contributed by atoms with E-state index in [0.717, 1.165) is 24.9 Å². The zero-order valence-corrected chi connectivity index (χ0v) is 26.6. The molecule has 0 aliphatic carbocycles. The molecule has 1 N–H and O–H groups in total. The van der Waals surface area contributed by atoms with Crippen LogP contribution in [0.5, 0.6) is 5.75 Å². The van der Waals surface area contributed by atoms with Crippen LogP contribution in [0.4, 0.5) is 4.79 Å². The molecule has 3 aromatic carbocycles. The zero-order chi connectivity index (χ0) is 31.9. The Morgan fingerprint density at radius 2 is 1.66 bits per heavy atom. The molecular weight excluding hydrogens is 580 g/mol. The lowest BCUT2D eigenvalue weighted by atomic mass is 9.88. The van der Waals surface area contributed by atoms with Gasteiger partial charge >= 0.3 is 12.1 Å². The summed E-state index contributed by atoms with van der Waals surface area (Å²) < 4.78 is 36.9. The van der Waals surface area contributed by atoms with Gasteiger partial charge in [-0.2, -0.15) is 0 Å². The minimum atomic E-state index is -3.58. The maximum atomic E-state index is 13.0. The second kappa shape index (κ2) is 14.4. The van der Waals surface area contributed by atoms with Crippen LogP contribution in [0.15, 0.2) is 83.8 Å². The molecule has 1 fully saturated rings. The molecule has 44 heavy (non-hydrogen) atoms. The van der Waals surface area contributed by atoms with Crippen LogP contribution in [0.2, 0.25) is 0 Å². The van der Waals surface area contributed by atoms with Crippen molar-refractivity contribution in [1.29, 1.82) is 0 Å². The summed E-state index contributed by atoms with van der Waals surface area (Å²) in [6.07, 6.45) is 0.635. The number of rotatable bonds is 10. The molecule has 0 radical (unpaired) electrons. The molecule has 0 unspecified atom stereocenters. The number of aliphatic hydroxyl groups is 1. The van der Waals surface area contributed by atoms with Gasteiger partial charge in [0.25, 0.3) is 0 Å². The fourth-order valence-electron chi connectivity index (χ4n) is 5.13. The van der Waals surface area contributed by atoms with Crippen LogP contribution in [0, 0.1) is 5.92 Å². The maximum absolute atomic E-state index is 13.0. The molecule has 4 rings (SSSR count). The second-order valence-corrected chi connectivity index (χ2v) is 14.4. The predicted octanol–water partition coefficient (Wildman–Crippen LogP) is 4.97. The van der Waals surface area contributed by atoms with Crippen LogP contribution in [-0.2, 0) is 27.5 Å². The van der Waals surface area contributed by atoms with Crippen molar-refractivity contribution in [2.24, 2.45) is 5.92 Å². The first-order valence-corrected chi connectivity index (χ1v) is 16.5. The largest absolute Gasteiger partial charge is 0.444 e. The summed E-state index contributed by atoms with van der Waals surface area (Å²) in [5.74, 6) is -0.306. The van der Waals surface area contributed by atoms with Crippen LogP contribution >= 0.6 is 0 Å². The van der Waals surface area contributed by atoms with E-state index in [1.807, 2.05) is 23.1 Å². The van der Waals surface area contributed by atoms with E-state index in [0.29, 0.717) is 18.7 Å². The van der Waals surface area contributed by atoms with E-state index < -0.39 is 33.6 Å². The SMILES string of the molecule is CN(Cc1cccc(C(=O)Oc2ccc(S(=O)(=O)CCN3CC[C@H](Cc4ccccc4)[C@H](O)C3)cc2)c1)C(=O)OC(C)(C)C. The first-order valence-electron chi connectivity index (χ1n) is 14.8. The molecule has 0 bridgehead atoms. The summed E-state index contributed by atoms with van der Waals surface area (Å²) >= 11 is 0. The zero-order valence-electron chi connectivity index (χ0n) is 25.8. The summed E-state index contributed by atoms with van der Waals surface area (Å²) in [6, 6.07) is 22.6. The predicted molar refractivity (Wildman–Crippen MR) is 168 cm³/mol. The van der Waals surface area contributed by atoms with Crippen LogP contribution in [0.1, 0.15) is 48.7 Å². The van der Waals surface area contributed by atoms with Crippen LogP contribution in [0.25, 0.3) is 0 Å². The Balaban J connectivity index is 1.27. The van der Waals surface area contributed by atoms with Gasteiger partial charge in [0.2, 0.25) is 0 Å². The Morgan fingerprint density at radius 3 is 2.32 bits per heavy atom. The van der Waals surface area contributed by atoms with Crippen LogP contribution in [0.3, 0.4) is 0 Å². The van der Waals surface area contributed by atoms with Crippen molar-refractivity contribution in [3.05, 3.63) is 95.6 Å². The number of aliphatic hydroxyl groups excluding tert-OH is 1. The van der Waals surface area contributed by atoms with E-state index in [2.05, 4.69) is 12.1 Å². The lowest BCUT2D eigenvalue weighted by molar-refractivity contribution is 0.0244. The quantitative estimate of drug-likeness (QED) is 0.249. The van der Waals surface area contributed by atoms with Gasteiger partial charge in [-0.25, -0.2) is 18.0 Å². The normalized spacial score (nSPS) is 17.6. The van der Waals surface area contributed by atoms with Crippen molar-refractivity contribution in [1.82, 2.24) is 9.80 Å². The van der Waals surface area contributed by atoms with Crippen molar-refractivity contribution >= 4 is 21.9 Å². The van der Waals surface area contributed by atoms with E-state index in [1.165, 1.54) is 34.7 Å². The van der Waals surface area contributed by atoms with E-state index >= 15 is 0 Å². The fraction of sp³-hybridized carbons (Fsp3) is 0.412. The third kappa shape index (κ3) is 9.64. The molecule has 2 atom stereocenters. The molecule has 9 nitrogen and oxygen atoms in total. The van der Waals surface area contributed by atoms with Gasteiger partial charge < -0.3 is 19.5 Å². The molecule has 0 aromatic heterocycles. The highest BCUT2D eigenvalue weighted by Gasteiger charge is 2.29. The number of esters is 1. The number of sulfone groups is 1. The van der Waals surface area contributed by atoms with Gasteiger partial charge in [-0.1, -0.05) is 42.5 Å². The van der Waals surface area contributed by atoms with Gasteiger partial charge in [-0.15, -0.1) is 0 Å². The maximum Gasteiger partial charge on any atom is 0.410 e. The van der Waals surface area contributed by atoms with Gasteiger partial charge in [0.05, 0.1) is 22.3 Å². The standard InChI is InChI=1S/C34H42N2O7S/c1-34(2,3)43-33(39)35(4)23-26-11-8-12-28(22-26)32(38)42-29-13-15-30(16-14-29)44(40,41)20-19-36-18-17-27(31(37)24-36)21-25-9-6-5-7-10-25/h5-16,22,27,31,37H,17-21,23-24H2,1-4H3/t27-,31-/m1/s1. The molecule has 1 saturated heterocycles. The number of ether oxygens (including phenoxy) is 2. The molecule has 1 amide bonds. The highest BCUT2D eigenvalue weighted by Crippen LogP contribution is 2.24. The molecule has 1 aliphatic rings. The van der Waals surface area contributed by atoms with Crippen molar-refractivity contribution in [3.63, 3.8) is 0 Å². The van der Waals surface area contributed by atoms with Crippen molar-refractivity contribution in [2.75, 3.05) is 32.4 Å². The number of carbonyl (C=O) groups excluding carboxylic acids is 2. The van der Waals surface area contributed by atoms with Gasteiger partial charge in [0.1, 0.15) is 11.4 Å². The molecule has 0 saturated carbocycles. The number of amides is 1. The Bertz CT molecular complexity index is 1520. The van der Waals surface area contributed by atoms with Gasteiger partial charge in [0.15, 0.2) is 9.84 Å². The summed E-state index contributed by atoms with van der Waals surface area (Å²) in [4.78, 5) is 28.7. The average Bonchev–Trinajstić information content (AvgIpc) is 2.97. The molecule has 0 spiro atoms. The lowest BCUT2D eigenvalue weighted by Gasteiger charge is -2.36. The van der Waals surface area contributed by atoms with Crippen molar-refractivity contribution in [2.45, 2.75) is 56.8 Å². The number of β-amino-alcohol motifs (C(OH)–C–C–N with tert-alkyl or cyclic N) is 1. The number of carbonyl (C=O) groups is 2. The number of piperidine rings is 1. The molecule has 10 heteroatoms. The number of hydrogen-bond acceptors (Lipinski definition) is 8. The minimum absolute atomic E-state index is 0.0766.